The summed E-state index contributed by atoms with van der Waals surface area (Å²) in [5, 5.41) is 14.3. The SMILES string of the molecule is COC(=O)C1CCC(NC(=O)c2cc(-c3ccc(C(=N)N)cc3F)nn(C)c2=O)CC1.Cl. The normalized spacial score (nSPS) is 17.7. The molecule has 11 heteroatoms. The first-order valence-electron chi connectivity index (χ1n) is 9.82. The Labute approximate surface area is 190 Å². The number of hydrogen-bond acceptors (Lipinski definition) is 6. The Balaban J connectivity index is 0.00000363. The summed E-state index contributed by atoms with van der Waals surface area (Å²) in [6.07, 6.45) is 2.35. The monoisotopic (exact) mass is 465 g/mol. The number of ether oxygens (including phenoxy) is 1. The number of carbonyl (C=O) groups excluding carboxylic acids is 2. The van der Waals surface area contributed by atoms with E-state index in [-0.39, 0.29) is 58.6 Å². The predicted octanol–water partition coefficient (Wildman–Crippen LogP) is 1.75. The molecular weight excluding hydrogens is 441 g/mol. The van der Waals surface area contributed by atoms with Crippen LogP contribution in [-0.2, 0) is 16.6 Å². The van der Waals surface area contributed by atoms with E-state index in [0.717, 1.165) is 10.7 Å². The highest BCUT2D eigenvalue weighted by Crippen LogP contribution is 2.26. The molecule has 1 amide bonds. The van der Waals surface area contributed by atoms with E-state index in [1.807, 2.05) is 0 Å². The van der Waals surface area contributed by atoms with Crippen LogP contribution in [0.25, 0.3) is 11.3 Å². The summed E-state index contributed by atoms with van der Waals surface area (Å²) < 4.78 is 20.3. The standard InChI is InChI=1S/C21H24FN5O4.ClH/c1-27-20(29)15(19(28)25-13-6-3-11(4-7-13)21(30)31-2)10-17(26-27)14-8-5-12(18(23)24)9-16(14)22;/h5,8-11,13H,3-4,6-7H2,1-2H3,(H3,23,24)(H,25,28);1H. The zero-order valence-corrected chi connectivity index (χ0v) is 18.5. The molecule has 172 valence electrons. The van der Waals surface area contributed by atoms with Gasteiger partial charge in [0.15, 0.2) is 0 Å². The number of aromatic nitrogens is 2. The van der Waals surface area contributed by atoms with Crippen LogP contribution in [0, 0.1) is 17.1 Å². The molecule has 1 aromatic heterocycles. The van der Waals surface area contributed by atoms with Crippen LogP contribution in [-0.4, -0.2) is 40.6 Å². The molecule has 0 atom stereocenters. The van der Waals surface area contributed by atoms with Gasteiger partial charge in [0.1, 0.15) is 17.2 Å². The van der Waals surface area contributed by atoms with Crippen molar-refractivity contribution >= 4 is 30.1 Å². The lowest BCUT2D eigenvalue weighted by Gasteiger charge is -2.27. The van der Waals surface area contributed by atoms with Crippen molar-refractivity contribution in [3.8, 4) is 11.3 Å². The fourth-order valence-electron chi connectivity index (χ4n) is 3.70. The fraction of sp³-hybridized carbons (Fsp3) is 0.381. The Kier molecular flexibility index (Phi) is 8.09. The van der Waals surface area contributed by atoms with Crippen molar-refractivity contribution in [3.05, 3.63) is 51.6 Å². The lowest BCUT2D eigenvalue weighted by Crippen LogP contribution is -2.41. The van der Waals surface area contributed by atoms with E-state index in [4.69, 9.17) is 15.9 Å². The third-order valence-electron chi connectivity index (χ3n) is 5.46. The van der Waals surface area contributed by atoms with Crippen LogP contribution < -0.4 is 16.6 Å². The van der Waals surface area contributed by atoms with Gasteiger partial charge in [0.2, 0.25) is 0 Å². The van der Waals surface area contributed by atoms with Crippen molar-refractivity contribution in [2.45, 2.75) is 31.7 Å². The molecule has 3 rings (SSSR count). The highest BCUT2D eigenvalue weighted by atomic mass is 35.5. The van der Waals surface area contributed by atoms with Crippen molar-refractivity contribution in [2.75, 3.05) is 7.11 Å². The third kappa shape index (κ3) is 5.31. The fourth-order valence-corrected chi connectivity index (χ4v) is 3.70. The van der Waals surface area contributed by atoms with Gasteiger partial charge in [0.05, 0.1) is 18.7 Å². The number of nitrogens with one attached hydrogen (secondary N) is 2. The smallest absolute Gasteiger partial charge is 0.308 e. The number of benzene rings is 1. The zero-order chi connectivity index (χ0) is 22.7. The molecule has 0 bridgehead atoms. The Morgan fingerprint density at radius 1 is 1.25 bits per heavy atom. The Morgan fingerprint density at radius 2 is 1.91 bits per heavy atom. The number of hydrogen-bond donors (Lipinski definition) is 3. The topological polar surface area (TPSA) is 140 Å². The summed E-state index contributed by atoms with van der Waals surface area (Å²) >= 11 is 0. The molecule has 0 radical (unpaired) electrons. The highest BCUT2D eigenvalue weighted by Gasteiger charge is 2.28. The second-order valence-corrected chi connectivity index (χ2v) is 7.53. The van der Waals surface area contributed by atoms with Gasteiger partial charge in [-0.15, -0.1) is 12.4 Å². The second kappa shape index (κ2) is 10.4. The van der Waals surface area contributed by atoms with Crippen LogP contribution in [0.5, 0.6) is 0 Å². The number of halogens is 2. The summed E-state index contributed by atoms with van der Waals surface area (Å²) in [7, 11) is 2.73. The van der Waals surface area contributed by atoms with E-state index in [0.29, 0.717) is 25.7 Å². The van der Waals surface area contributed by atoms with Crippen LogP contribution >= 0.6 is 12.4 Å². The summed E-state index contributed by atoms with van der Waals surface area (Å²) in [4.78, 5) is 36.9. The van der Waals surface area contributed by atoms with Crippen LogP contribution in [0.4, 0.5) is 4.39 Å². The minimum absolute atomic E-state index is 0. The average Bonchev–Trinajstić information content (AvgIpc) is 2.75. The van der Waals surface area contributed by atoms with Crippen molar-refractivity contribution in [1.82, 2.24) is 15.1 Å². The Bertz CT molecular complexity index is 1100. The molecule has 0 aliphatic heterocycles. The molecule has 0 unspecified atom stereocenters. The first-order valence-corrected chi connectivity index (χ1v) is 9.82. The molecule has 0 saturated heterocycles. The second-order valence-electron chi connectivity index (χ2n) is 7.53. The molecule has 1 fully saturated rings. The van der Waals surface area contributed by atoms with Crippen LogP contribution in [0.3, 0.4) is 0 Å². The Hall–Kier alpha value is -3.27. The minimum Gasteiger partial charge on any atom is -0.469 e. The number of carbonyl (C=O) groups is 2. The van der Waals surface area contributed by atoms with Crippen molar-refractivity contribution in [3.63, 3.8) is 0 Å². The van der Waals surface area contributed by atoms with E-state index in [1.54, 1.807) is 0 Å². The number of methoxy groups -OCH3 is 1. The maximum absolute atomic E-state index is 14.5. The average molecular weight is 466 g/mol. The van der Waals surface area contributed by atoms with Crippen molar-refractivity contribution in [1.29, 1.82) is 5.41 Å². The summed E-state index contributed by atoms with van der Waals surface area (Å²) in [5.74, 6) is -1.96. The Morgan fingerprint density at radius 3 is 2.47 bits per heavy atom. The highest BCUT2D eigenvalue weighted by molar-refractivity contribution is 5.96. The molecule has 1 aliphatic rings. The maximum Gasteiger partial charge on any atom is 0.308 e. The van der Waals surface area contributed by atoms with E-state index >= 15 is 0 Å². The number of nitrogens with two attached hydrogens (primary N) is 1. The van der Waals surface area contributed by atoms with E-state index < -0.39 is 17.3 Å². The molecule has 1 heterocycles. The number of amidine groups is 1. The molecule has 32 heavy (non-hydrogen) atoms. The molecule has 1 saturated carbocycles. The molecule has 2 aromatic rings. The van der Waals surface area contributed by atoms with Gasteiger partial charge in [-0.1, -0.05) is 6.07 Å². The third-order valence-corrected chi connectivity index (χ3v) is 5.46. The number of esters is 1. The van der Waals surface area contributed by atoms with Crippen LogP contribution in [0.1, 0.15) is 41.6 Å². The summed E-state index contributed by atoms with van der Waals surface area (Å²) in [6.45, 7) is 0. The quantitative estimate of drug-likeness (QED) is 0.349. The van der Waals surface area contributed by atoms with Crippen LogP contribution in [0.2, 0.25) is 0 Å². The number of amides is 1. The van der Waals surface area contributed by atoms with Crippen LogP contribution in [0.15, 0.2) is 29.1 Å². The summed E-state index contributed by atoms with van der Waals surface area (Å²) in [5.41, 5.74) is 5.01. The first-order chi connectivity index (χ1) is 14.7. The predicted molar refractivity (Wildman–Crippen MR) is 118 cm³/mol. The minimum atomic E-state index is -0.675. The molecule has 1 aliphatic carbocycles. The molecule has 0 spiro atoms. The summed E-state index contributed by atoms with van der Waals surface area (Å²) in [6, 6.07) is 5.04. The molecule has 1 aromatic carbocycles. The van der Waals surface area contributed by atoms with E-state index in [2.05, 4.69) is 10.4 Å². The van der Waals surface area contributed by atoms with Gasteiger partial charge in [-0.05, 0) is 43.9 Å². The number of nitrogens with zero attached hydrogens (tertiary/aromatic N) is 2. The van der Waals surface area contributed by atoms with Crippen molar-refractivity contribution < 1.29 is 18.7 Å². The first kappa shape index (κ1) is 25.0. The van der Waals surface area contributed by atoms with Gasteiger partial charge in [-0.25, -0.2) is 9.07 Å². The molecule has 9 nitrogen and oxygen atoms in total. The number of aryl methyl sites for hydroxylation is 1. The maximum atomic E-state index is 14.5. The largest absolute Gasteiger partial charge is 0.469 e. The van der Waals surface area contributed by atoms with E-state index in [1.165, 1.54) is 32.4 Å². The van der Waals surface area contributed by atoms with Gasteiger partial charge < -0.3 is 15.8 Å². The zero-order valence-electron chi connectivity index (χ0n) is 17.7. The van der Waals surface area contributed by atoms with E-state index in [9.17, 15) is 18.8 Å². The van der Waals surface area contributed by atoms with Gasteiger partial charge >= 0.3 is 5.97 Å². The lowest BCUT2D eigenvalue weighted by molar-refractivity contribution is -0.146. The molecular formula is C21H25ClFN5O4. The van der Waals surface area contributed by atoms with Gasteiger partial charge in [0, 0.05) is 24.2 Å². The van der Waals surface area contributed by atoms with Gasteiger partial charge in [-0.3, -0.25) is 19.8 Å². The van der Waals surface area contributed by atoms with Gasteiger partial charge in [-0.2, -0.15) is 5.10 Å². The lowest BCUT2D eigenvalue weighted by atomic mass is 9.86. The van der Waals surface area contributed by atoms with Gasteiger partial charge in [0.25, 0.3) is 11.5 Å². The van der Waals surface area contributed by atoms with Crippen molar-refractivity contribution in [2.24, 2.45) is 18.7 Å². The number of nitrogen functional groups attached to an aromatic ring is 1. The number of rotatable bonds is 5. The molecule has 4 N–H and O–H groups in total.